The van der Waals surface area contributed by atoms with E-state index in [4.69, 9.17) is 9.97 Å². The van der Waals surface area contributed by atoms with Gasteiger partial charge in [-0.25, -0.2) is 24.9 Å². The van der Waals surface area contributed by atoms with Gasteiger partial charge in [-0.05, 0) is 36.6 Å². The van der Waals surface area contributed by atoms with Gasteiger partial charge < -0.3 is 9.88 Å². The summed E-state index contributed by atoms with van der Waals surface area (Å²) in [6.07, 6.45) is 5.61. The molecule has 0 saturated heterocycles. The quantitative estimate of drug-likeness (QED) is 0.441. The molecule has 0 unspecified atom stereocenters. The summed E-state index contributed by atoms with van der Waals surface area (Å²) in [4.78, 5) is 23.5. The number of hydrogen-bond donors (Lipinski definition) is 1. The van der Waals surface area contributed by atoms with Crippen molar-refractivity contribution in [2.45, 2.75) is 5.03 Å². The monoisotopic (exact) mass is 405 g/mol. The number of rotatable bonds is 4. The van der Waals surface area contributed by atoms with Gasteiger partial charge in [0, 0.05) is 12.6 Å². The Balaban J connectivity index is 1.60. The molecular formula is C19H15N7S2. The van der Waals surface area contributed by atoms with Crippen LogP contribution in [0, 0.1) is 0 Å². The van der Waals surface area contributed by atoms with Crippen LogP contribution in [0.3, 0.4) is 0 Å². The average Bonchev–Trinajstić information content (AvgIpc) is 3.35. The first-order valence-corrected chi connectivity index (χ1v) is 10.6. The van der Waals surface area contributed by atoms with Crippen LogP contribution in [0.5, 0.6) is 0 Å². The van der Waals surface area contributed by atoms with E-state index in [9.17, 15) is 0 Å². The normalized spacial score (nSPS) is 11.4. The van der Waals surface area contributed by atoms with E-state index < -0.39 is 0 Å². The number of pyridine rings is 1. The molecule has 28 heavy (non-hydrogen) atoms. The van der Waals surface area contributed by atoms with Gasteiger partial charge in [-0.1, -0.05) is 0 Å². The molecule has 0 atom stereocenters. The molecule has 5 rings (SSSR count). The molecule has 9 heteroatoms. The topological polar surface area (TPSA) is 81.4 Å². The fraction of sp³-hybridized carbons (Fsp3) is 0.105. The van der Waals surface area contributed by atoms with Gasteiger partial charge in [0.1, 0.15) is 10.3 Å². The summed E-state index contributed by atoms with van der Waals surface area (Å²) < 4.78 is 1.99. The number of nitrogens with one attached hydrogen (secondary N) is 1. The summed E-state index contributed by atoms with van der Waals surface area (Å²) in [5, 5.41) is 4.31. The van der Waals surface area contributed by atoms with Crippen LogP contribution in [0.15, 0.2) is 53.4 Å². The number of fused-ring (bicyclic) bond motifs is 2. The summed E-state index contributed by atoms with van der Waals surface area (Å²) in [5.74, 6) is 1.32. The Morgan fingerprint density at radius 3 is 2.82 bits per heavy atom. The van der Waals surface area contributed by atoms with E-state index >= 15 is 0 Å². The van der Waals surface area contributed by atoms with Gasteiger partial charge in [0.2, 0.25) is 0 Å². The van der Waals surface area contributed by atoms with Crippen LogP contribution < -0.4 is 5.32 Å². The third-order valence-corrected chi connectivity index (χ3v) is 5.77. The Hall–Kier alpha value is -3.04. The molecule has 0 aliphatic carbocycles. The van der Waals surface area contributed by atoms with E-state index in [0.717, 1.165) is 37.7 Å². The largest absolute Gasteiger partial charge is 0.337 e. The number of hydrogen-bond acceptors (Lipinski definition) is 8. The Morgan fingerprint density at radius 1 is 1.07 bits per heavy atom. The highest BCUT2D eigenvalue weighted by atomic mass is 32.2. The summed E-state index contributed by atoms with van der Waals surface area (Å²) >= 11 is 3.10. The summed E-state index contributed by atoms with van der Waals surface area (Å²) in [5.41, 5.74) is 6.32. The summed E-state index contributed by atoms with van der Waals surface area (Å²) in [6.45, 7) is 0. The Labute approximate surface area is 168 Å². The third-order valence-electron chi connectivity index (χ3n) is 4.39. The number of aryl methyl sites for hydroxylation is 1. The number of aromatic nitrogens is 6. The van der Waals surface area contributed by atoms with Crippen LogP contribution in [0.2, 0.25) is 0 Å². The minimum atomic E-state index is 0.649. The average molecular weight is 406 g/mol. The maximum Gasteiger partial charge on any atom is 0.163 e. The van der Waals surface area contributed by atoms with Gasteiger partial charge in [0.15, 0.2) is 11.6 Å². The highest BCUT2D eigenvalue weighted by molar-refractivity contribution is 7.98. The maximum atomic E-state index is 4.76. The van der Waals surface area contributed by atoms with Gasteiger partial charge in [0.05, 0.1) is 39.8 Å². The van der Waals surface area contributed by atoms with E-state index in [1.54, 1.807) is 29.8 Å². The Morgan fingerprint density at radius 2 is 2.00 bits per heavy atom. The zero-order chi connectivity index (χ0) is 19.1. The summed E-state index contributed by atoms with van der Waals surface area (Å²) in [7, 11) is 1.98. The second-order valence-electron chi connectivity index (χ2n) is 6.18. The van der Waals surface area contributed by atoms with Gasteiger partial charge in [-0.15, -0.1) is 23.1 Å². The van der Waals surface area contributed by atoms with Crippen molar-refractivity contribution in [3.8, 4) is 11.4 Å². The molecule has 0 amide bonds. The molecule has 4 aromatic heterocycles. The molecule has 1 aromatic carbocycles. The van der Waals surface area contributed by atoms with Crippen molar-refractivity contribution in [3.63, 3.8) is 0 Å². The molecule has 5 aromatic rings. The Bertz CT molecular complexity index is 1290. The fourth-order valence-corrected chi connectivity index (χ4v) is 3.98. The number of benzene rings is 1. The highest BCUT2D eigenvalue weighted by Crippen LogP contribution is 2.29. The van der Waals surface area contributed by atoms with Gasteiger partial charge in [0.25, 0.3) is 0 Å². The SMILES string of the molecule is CSc1ccc(Nc2nc(-c3ccc4ncn(C)c4c3)nc3scnc23)cn1. The zero-order valence-electron chi connectivity index (χ0n) is 15.1. The molecule has 0 radical (unpaired) electrons. The number of nitrogens with zero attached hydrogens (tertiary/aromatic N) is 6. The Kier molecular flexibility index (Phi) is 4.18. The fourth-order valence-electron chi connectivity index (χ4n) is 2.95. The number of thiazole rings is 1. The second-order valence-corrected chi connectivity index (χ2v) is 7.83. The molecule has 0 fully saturated rings. The lowest BCUT2D eigenvalue weighted by Gasteiger charge is -2.09. The lowest BCUT2D eigenvalue weighted by molar-refractivity contribution is 0.947. The van der Waals surface area contributed by atoms with E-state index in [0.29, 0.717) is 11.6 Å². The van der Waals surface area contributed by atoms with Gasteiger partial charge in [-0.3, -0.25) is 0 Å². The van der Waals surface area contributed by atoms with Crippen LogP contribution >= 0.6 is 23.1 Å². The molecule has 0 aliphatic rings. The predicted molar refractivity (Wildman–Crippen MR) is 114 cm³/mol. The number of thioether (sulfide) groups is 1. The highest BCUT2D eigenvalue weighted by Gasteiger charge is 2.13. The maximum absolute atomic E-state index is 4.76. The lowest BCUT2D eigenvalue weighted by atomic mass is 10.2. The van der Waals surface area contributed by atoms with E-state index in [1.807, 2.05) is 42.1 Å². The van der Waals surface area contributed by atoms with E-state index in [-0.39, 0.29) is 0 Å². The molecule has 4 heterocycles. The number of imidazole rings is 1. The van der Waals surface area contributed by atoms with E-state index in [1.165, 1.54) is 11.3 Å². The minimum absolute atomic E-state index is 0.649. The smallest absolute Gasteiger partial charge is 0.163 e. The van der Waals surface area contributed by atoms with Crippen molar-refractivity contribution in [2.24, 2.45) is 7.05 Å². The predicted octanol–water partition coefficient (Wildman–Crippen LogP) is 4.50. The molecule has 1 N–H and O–H groups in total. The van der Waals surface area contributed by atoms with Gasteiger partial charge in [-0.2, -0.15) is 0 Å². The van der Waals surface area contributed by atoms with Gasteiger partial charge >= 0.3 is 0 Å². The molecule has 138 valence electrons. The van der Waals surface area contributed by atoms with Crippen molar-refractivity contribution in [1.29, 1.82) is 0 Å². The van der Waals surface area contributed by atoms with Crippen molar-refractivity contribution >= 4 is 56.0 Å². The molecule has 0 spiro atoms. The molecular weight excluding hydrogens is 390 g/mol. The zero-order valence-corrected chi connectivity index (χ0v) is 16.8. The van der Waals surface area contributed by atoms with Crippen LogP contribution in [0.4, 0.5) is 11.5 Å². The van der Waals surface area contributed by atoms with Crippen molar-refractivity contribution in [2.75, 3.05) is 11.6 Å². The number of anilines is 2. The van der Waals surface area contributed by atoms with Crippen LogP contribution in [-0.2, 0) is 7.05 Å². The molecule has 0 bridgehead atoms. The first kappa shape index (κ1) is 17.1. The third kappa shape index (κ3) is 2.98. The lowest BCUT2D eigenvalue weighted by Crippen LogP contribution is -1.99. The standard InChI is InChI=1S/C19H15N7S2/c1-26-9-21-13-5-3-11(7-14(13)26)17-24-18(16-19(25-17)28-10-22-16)23-12-4-6-15(27-2)20-8-12/h3-10H,1-2H3,(H,23,24,25). The van der Waals surface area contributed by atoms with Crippen LogP contribution in [0.25, 0.3) is 32.8 Å². The van der Waals surface area contributed by atoms with E-state index in [2.05, 4.69) is 26.3 Å². The first-order valence-electron chi connectivity index (χ1n) is 8.51. The van der Waals surface area contributed by atoms with Crippen LogP contribution in [-0.4, -0.2) is 35.7 Å². The molecule has 0 aliphatic heterocycles. The molecule has 0 saturated carbocycles. The van der Waals surface area contributed by atoms with Crippen LogP contribution in [0.1, 0.15) is 0 Å². The first-order chi connectivity index (χ1) is 13.7. The van der Waals surface area contributed by atoms with Crippen molar-refractivity contribution in [1.82, 2.24) is 29.5 Å². The second kappa shape index (κ2) is 6.84. The van der Waals surface area contributed by atoms with Crippen molar-refractivity contribution < 1.29 is 0 Å². The van der Waals surface area contributed by atoms with Crippen molar-refractivity contribution in [3.05, 3.63) is 48.4 Å². The molecule has 7 nitrogen and oxygen atoms in total. The minimum Gasteiger partial charge on any atom is -0.337 e. The summed E-state index contributed by atoms with van der Waals surface area (Å²) in [6, 6.07) is 10.0.